The van der Waals surface area contributed by atoms with E-state index >= 15 is 0 Å². The predicted octanol–water partition coefficient (Wildman–Crippen LogP) is 2.73. The number of hydrogen-bond donors (Lipinski definition) is 1. The van der Waals surface area contributed by atoms with Gasteiger partial charge in [-0.1, -0.05) is 17.7 Å². The van der Waals surface area contributed by atoms with E-state index in [4.69, 9.17) is 10.5 Å². The molecule has 0 radical (unpaired) electrons. The molecule has 84 valence electrons. The van der Waals surface area contributed by atoms with Crippen LogP contribution in [0, 0.1) is 20.8 Å². The van der Waals surface area contributed by atoms with Crippen LogP contribution < -0.4 is 10.5 Å². The van der Waals surface area contributed by atoms with Crippen molar-refractivity contribution in [2.24, 2.45) is 5.73 Å². The molecule has 0 aliphatic heterocycles. The van der Waals surface area contributed by atoms with Crippen molar-refractivity contribution < 1.29 is 4.74 Å². The zero-order valence-corrected chi connectivity index (χ0v) is 10.3. The average Bonchev–Trinajstić information content (AvgIpc) is 1.99. The van der Waals surface area contributed by atoms with E-state index in [1.165, 1.54) is 16.7 Å². The summed E-state index contributed by atoms with van der Waals surface area (Å²) in [5.41, 5.74) is 9.22. The van der Waals surface area contributed by atoms with E-state index in [9.17, 15) is 0 Å². The quantitative estimate of drug-likeness (QED) is 0.827. The van der Waals surface area contributed by atoms with Crippen LogP contribution in [0.1, 0.15) is 30.5 Å². The van der Waals surface area contributed by atoms with E-state index in [2.05, 4.69) is 32.9 Å². The molecule has 0 unspecified atom stereocenters. The molecule has 2 heteroatoms. The molecule has 2 N–H and O–H groups in total. The van der Waals surface area contributed by atoms with Crippen LogP contribution in [-0.4, -0.2) is 12.1 Å². The molecule has 1 aromatic rings. The minimum absolute atomic E-state index is 0.288. The third-order valence-electron chi connectivity index (χ3n) is 2.19. The fourth-order valence-corrected chi connectivity index (χ4v) is 1.65. The SMILES string of the molecule is Cc1cc(C)c(OCC(C)(C)N)c(C)c1. The van der Waals surface area contributed by atoms with Gasteiger partial charge in [0.05, 0.1) is 0 Å². The lowest BCUT2D eigenvalue weighted by molar-refractivity contribution is 0.240. The highest BCUT2D eigenvalue weighted by molar-refractivity contribution is 5.42. The Morgan fingerprint density at radius 1 is 1.13 bits per heavy atom. The molecule has 0 bridgehead atoms. The van der Waals surface area contributed by atoms with Crippen molar-refractivity contribution >= 4 is 0 Å². The molecular weight excluding hydrogens is 186 g/mol. The summed E-state index contributed by atoms with van der Waals surface area (Å²) in [6.45, 7) is 10.7. The Bertz CT molecular complexity index is 327. The van der Waals surface area contributed by atoms with Crippen LogP contribution in [0.4, 0.5) is 0 Å². The number of ether oxygens (including phenoxy) is 1. The number of rotatable bonds is 3. The summed E-state index contributed by atoms with van der Waals surface area (Å²) in [6, 6.07) is 4.26. The van der Waals surface area contributed by atoms with E-state index in [0.717, 1.165) is 5.75 Å². The molecule has 15 heavy (non-hydrogen) atoms. The molecule has 1 rings (SSSR count). The topological polar surface area (TPSA) is 35.2 Å². The molecule has 0 atom stereocenters. The van der Waals surface area contributed by atoms with Gasteiger partial charge in [0.1, 0.15) is 12.4 Å². The van der Waals surface area contributed by atoms with Gasteiger partial charge in [0.25, 0.3) is 0 Å². The zero-order valence-electron chi connectivity index (χ0n) is 10.3. The van der Waals surface area contributed by atoms with E-state index in [1.807, 2.05) is 13.8 Å². The summed E-state index contributed by atoms with van der Waals surface area (Å²) in [5, 5.41) is 0. The first-order chi connectivity index (χ1) is 6.79. The third-order valence-corrected chi connectivity index (χ3v) is 2.19. The fraction of sp³-hybridized carbons (Fsp3) is 0.538. The maximum Gasteiger partial charge on any atom is 0.125 e. The second-order valence-corrected chi connectivity index (χ2v) is 5.01. The fourth-order valence-electron chi connectivity index (χ4n) is 1.65. The second-order valence-electron chi connectivity index (χ2n) is 5.01. The van der Waals surface area contributed by atoms with Gasteiger partial charge in [0.2, 0.25) is 0 Å². The van der Waals surface area contributed by atoms with Crippen molar-refractivity contribution in [1.82, 2.24) is 0 Å². The molecule has 0 heterocycles. The van der Waals surface area contributed by atoms with Gasteiger partial charge in [0, 0.05) is 5.54 Å². The first kappa shape index (κ1) is 12.1. The highest BCUT2D eigenvalue weighted by atomic mass is 16.5. The van der Waals surface area contributed by atoms with Crippen LogP contribution in [0.5, 0.6) is 5.75 Å². The Morgan fingerprint density at radius 2 is 1.60 bits per heavy atom. The number of benzene rings is 1. The maximum atomic E-state index is 5.89. The van der Waals surface area contributed by atoms with Crippen molar-refractivity contribution in [2.75, 3.05) is 6.61 Å². The molecule has 0 fully saturated rings. The summed E-state index contributed by atoms with van der Waals surface area (Å²) >= 11 is 0. The summed E-state index contributed by atoms with van der Waals surface area (Å²) in [4.78, 5) is 0. The average molecular weight is 207 g/mol. The van der Waals surface area contributed by atoms with Gasteiger partial charge in [-0.05, 0) is 45.7 Å². The molecule has 0 spiro atoms. The van der Waals surface area contributed by atoms with Gasteiger partial charge in [-0.15, -0.1) is 0 Å². The number of hydrogen-bond acceptors (Lipinski definition) is 2. The largest absolute Gasteiger partial charge is 0.491 e. The Morgan fingerprint density at radius 3 is 2.00 bits per heavy atom. The first-order valence-electron chi connectivity index (χ1n) is 5.29. The summed E-state index contributed by atoms with van der Waals surface area (Å²) in [5.74, 6) is 0.971. The normalized spacial score (nSPS) is 11.6. The van der Waals surface area contributed by atoms with Crippen LogP contribution in [0.2, 0.25) is 0 Å². The molecule has 0 amide bonds. The summed E-state index contributed by atoms with van der Waals surface area (Å²) in [6.07, 6.45) is 0. The lowest BCUT2D eigenvalue weighted by atomic mass is 10.1. The highest BCUT2D eigenvalue weighted by Gasteiger charge is 2.13. The minimum atomic E-state index is -0.288. The maximum absolute atomic E-state index is 5.89. The Kier molecular flexibility index (Phi) is 3.40. The van der Waals surface area contributed by atoms with E-state index in [1.54, 1.807) is 0 Å². The molecule has 0 aliphatic carbocycles. The Labute approximate surface area is 92.4 Å². The van der Waals surface area contributed by atoms with Gasteiger partial charge in [-0.3, -0.25) is 0 Å². The van der Waals surface area contributed by atoms with Crippen molar-refractivity contribution in [1.29, 1.82) is 0 Å². The van der Waals surface area contributed by atoms with Crippen LogP contribution in [-0.2, 0) is 0 Å². The Balaban J connectivity index is 2.86. The zero-order chi connectivity index (χ0) is 11.6. The molecule has 2 nitrogen and oxygen atoms in total. The summed E-state index contributed by atoms with van der Waals surface area (Å²) in [7, 11) is 0. The van der Waals surface area contributed by atoms with Crippen LogP contribution in [0.25, 0.3) is 0 Å². The van der Waals surface area contributed by atoms with Crippen molar-refractivity contribution in [3.05, 3.63) is 28.8 Å². The molecule has 0 aromatic heterocycles. The first-order valence-corrected chi connectivity index (χ1v) is 5.29. The molecule has 0 saturated carbocycles. The number of nitrogens with two attached hydrogens (primary N) is 1. The Hall–Kier alpha value is -1.02. The standard InChI is InChI=1S/C13H21NO/c1-9-6-10(2)12(11(3)7-9)15-8-13(4,5)14/h6-7H,8,14H2,1-5H3. The van der Waals surface area contributed by atoms with Gasteiger partial charge >= 0.3 is 0 Å². The minimum Gasteiger partial charge on any atom is -0.491 e. The monoisotopic (exact) mass is 207 g/mol. The van der Waals surface area contributed by atoms with Crippen molar-refractivity contribution in [2.45, 2.75) is 40.2 Å². The molecule has 0 aliphatic rings. The van der Waals surface area contributed by atoms with Crippen molar-refractivity contribution in [3.8, 4) is 5.75 Å². The summed E-state index contributed by atoms with van der Waals surface area (Å²) < 4.78 is 5.76. The van der Waals surface area contributed by atoms with E-state index < -0.39 is 0 Å². The molecular formula is C13H21NO. The predicted molar refractivity (Wildman–Crippen MR) is 64.4 cm³/mol. The van der Waals surface area contributed by atoms with E-state index in [-0.39, 0.29) is 5.54 Å². The van der Waals surface area contributed by atoms with Gasteiger partial charge in [0.15, 0.2) is 0 Å². The smallest absolute Gasteiger partial charge is 0.125 e. The van der Waals surface area contributed by atoms with Crippen LogP contribution in [0.3, 0.4) is 0 Å². The molecule has 1 aromatic carbocycles. The number of aryl methyl sites for hydroxylation is 3. The van der Waals surface area contributed by atoms with Gasteiger partial charge in [-0.2, -0.15) is 0 Å². The highest BCUT2D eigenvalue weighted by Crippen LogP contribution is 2.25. The van der Waals surface area contributed by atoms with Crippen LogP contribution in [0.15, 0.2) is 12.1 Å². The van der Waals surface area contributed by atoms with Gasteiger partial charge < -0.3 is 10.5 Å². The lowest BCUT2D eigenvalue weighted by Crippen LogP contribution is -2.38. The van der Waals surface area contributed by atoms with Crippen molar-refractivity contribution in [3.63, 3.8) is 0 Å². The van der Waals surface area contributed by atoms with E-state index in [0.29, 0.717) is 6.61 Å². The lowest BCUT2D eigenvalue weighted by Gasteiger charge is -2.21. The molecule has 0 saturated heterocycles. The third kappa shape index (κ3) is 3.56. The second kappa shape index (κ2) is 4.23. The van der Waals surface area contributed by atoms with Crippen LogP contribution >= 0.6 is 0 Å². The van der Waals surface area contributed by atoms with Gasteiger partial charge in [-0.25, -0.2) is 0 Å².